The van der Waals surface area contributed by atoms with Crippen LogP contribution in [0.2, 0.25) is 5.15 Å². The van der Waals surface area contributed by atoms with E-state index in [1.54, 1.807) is 21.9 Å². The van der Waals surface area contributed by atoms with Crippen LogP contribution >= 0.6 is 22.9 Å². The highest BCUT2D eigenvalue weighted by Gasteiger charge is 2.06. The first-order valence-electron chi connectivity index (χ1n) is 5.24. The number of halogens is 1. The molecule has 1 N–H and O–H groups in total. The number of nitrogens with zero attached hydrogens (tertiary/aromatic N) is 5. The number of nitrogens with one attached hydrogen (secondary N) is 1. The molecule has 0 saturated carbocycles. The molecular weight excluding hydrogens is 272 g/mol. The van der Waals surface area contributed by atoms with Crippen molar-refractivity contribution in [2.75, 3.05) is 5.32 Å². The molecular formula is C10H9ClN6S. The van der Waals surface area contributed by atoms with Crippen molar-refractivity contribution in [3.63, 3.8) is 0 Å². The fourth-order valence-corrected chi connectivity index (χ4v) is 2.49. The van der Waals surface area contributed by atoms with Gasteiger partial charge in [0.25, 0.3) is 5.78 Å². The third kappa shape index (κ3) is 2.14. The van der Waals surface area contributed by atoms with E-state index >= 15 is 0 Å². The molecule has 18 heavy (non-hydrogen) atoms. The van der Waals surface area contributed by atoms with Crippen LogP contribution in [-0.4, -0.2) is 24.6 Å². The van der Waals surface area contributed by atoms with Gasteiger partial charge in [0.05, 0.1) is 11.6 Å². The maximum atomic E-state index is 5.92. The molecule has 0 saturated heterocycles. The largest absolute Gasteiger partial charge is 0.365 e. The van der Waals surface area contributed by atoms with Crippen molar-refractivity contribution in [2.24, 2.45) is 0 Å². The lowest BCUT2D eigenvalue weighted by Crippen LogP contribution is -2.05. The summed E-state index contributed by atoms with van der Waals surface area (Å²) in [6, 6.07) is 1.72. The average molecular weight is 281 g/mol. The monoisotopic (exact) mass is 280 g/mol. The van der Waals surface area contributed by atoms with Gasteiger partial charge < -0.3 is 5.32 Å². The van der Waals surface area contributed by atoms with E-state index in [-0.39, 0.29) is 0 Å². The second-order valence-corrected chi connectivity index (χ2v) is 5.34. The first-order chi connectivity index (χ1) is 8.72. The molecule has 3 aromatic rings. The standard InChI is InChI=1S/C10H9ClN6S/c1-6-12-3-7(18-6)4-13-9-2-8(11)16-10-14-5-15-17(9)10/h2-3,5,13H,4H2,1H3. The molecule has 92 valence electrons. The molecule has 0 aliphatic rings. The molecule has 0 fully saturated rings. The van der Waals surface area contributed by atoms with Crippen LogP contribution in [0.4, 0.5) is 5.82 Å². The predicted octanol–water partition coefficient (Wildman–Crippen LogP) is 2.15. The van der Waals surface area contributed by atoms with E-state index in [0.717, 1.165) is 15.7 Å². The minimum Gasteiger partial charge on any atom is -0.365 e. The zero-order valence-electron chi connectivity index (χ0n) is 9.46. The van der Waals surface area contributed by atoms with Gasteiger partial charge in [0, 0.05) is 17.1 Å². The van der Waals surface area contributed by atoms with Gasteiger partial charge in [-0.05, 0) is 6.92 Å². The van der Waals surface area contributed by atoms with Crippen molar-refractivity contribution in [3.8, 4) is 0 Å². The Morgan fingerprint density at radius 2 is 2.33 bits per heavy atom. The van der Waals surface area contributed by atoms with Crippen LogP contribution in [0.3, 0.4) is 0 Å². The topological polar surface area (TPSA) is 68.0 Å². The lowest BCUT2D eigenvalue weighted by molar-refractivity contribution is 0.927. The van der Waals surface area contributed by atoms with Crippen LogP contribution in [0.5, 0.6) is 0 Å². The number of aromatic nitrogens is 5. The van der Waals surface area contributed by atoms with E-state index < -0.39 is 0 Å². The lowest BCUT2D eigenvalue weighted by Gasteiger charge is -2.06. The molecule has 0 bridgehead atoms. The van der Waals surface area contributed by atoms with E-state index in [4.69, 9.17) is 11.6 Å². The van der Waals surface area contributed by atoms with Gasteiger partial charge in [0.1, 0.15) is 17.3 Å². The number of anilines is 1. The number of thiazole rings is 1. The quantitative estimate of drug-likeness (QED) is 0.745. The lowest BCUT2D eigenvalue weighted by atomic mass is 10.5. The molecule has 0 aliphatic carbocycles. The highest BCUT2D eigenvalue weighted by atomic mass is 35.5. The molecule has 3 rings (SSSR count). The molecule has 0 amide bonds. The number of aryl methyl sites for hydroxylation is 1. The Hall–Kier alpha value is -1.73. The van der Waals surface area contributed by atoms with Crippen LogP contribution in [0.15, 0.2) is 18.6 Å². The molecule has 0 spiro atoms. The predicted molar refractivity (Wildman–Crippen MR) is 70.0 cm³/mol. The van der Waals surface area contributed by atoms with Crippen LogP contribution in [0, 0.1) is 6.92 Å². The van der Waals surface area contributed by atoms with Crippen LogP contribution in [-0.2, 0) is 6.54 Å². The third-order valence-corrected chi connectivity index (χ3v) is 3.44. The zero-order valence-corrected chi connectivity index (χ0v) is 11.0. The molecule has 0 aromatic carbocycles. The number of rotatable bonds is 3. The summed E-state index contributed by atoms with van der Waals surface area (Å²) in [6.07, 6.45) is 3.30. The van der Waals surface area contributed by atoms with Gasteiger partial charge in [-0.25, -0.2) is 4.98 Å². The normalized spacial score (nSPS) is 11.0. The Morgan fingerprint density at radius 3 is 3.11 bits per heavy atom. The number of hydrogen-bond donors (Lipinski definition) is 1. The Balaban J connectivity index is 1.87. The fraction of sp³-hybridized carbons (Fsp3) is 0.200. The van der Waals surface area contributed by atoms with Gasteiger partial charge in [0.15, 0.2) is 0 Å². The van der Waals surface area contributed by atoms with E-state index in [1.165, 1.54) is 6.33 Å². The molecule has 0 atom stereocenters. The molecule has 0 radical (unpaired) electrons. The summed E-state index contributed by atoms with van der Waals surface area (Å²) in [7, 11) is 0. The van der Waals surface area contributed by atoms with Gasteiger partial charge >= 0.3 is 0 Å². The minimum atomic E-state index is 0.387. The Labute approximate surface area is 112 Å². The SMILES string of the molecule is Cc1ncc(CNc2cc(Cl)nc3ncnn23)s1. The summed E-state index contributed by atoms with van der Waals surface area (Å²) in [5.41, 5.74) is 0. The molecule has 0 unspecified atom stereocenters. The number of hydrogen-bond acceptors (Lipinski definition) is 6. The average Bonchev–Trinajstić information content (AvgIpc) is 2.94. The molecule has 3 heterocycles. The van der Waals surface area contributed by atoms with Crippen LogP contribution in [0.1, 0.15) is 9.88 Å². The van der Waals surface area contributed by atoms with E-state index in [0.29, 0.717) is 17.5 Å². The summed E-state index contributed by atoms with van der Waals surface area (Å²) in [6.45, 7) is 2.65. The second-order valence-electron chi connectivity index (χ2n) is 3.64. The van der Waals surface area contributed by atoms with E-state index in [1.807, 2.05) is 13.1 Å². The van der Waals surface area contributed by atoms with Crippen molar-refractivity contribution in [3.05, 3.63) is 33.6 Å². The smallest absolute Gasteiger partial charge is 0.255 e. The van der Waals surface area contributed by atoms with Gasteiger partial charge in [-0.15, -0.1) is 11.3 Å². The van der Waals surface area contributed by atoms with Crippen LogP contribution in [0.25, 0.3) is 5.78 Å². The van der Waals surface area contributed by atoms with Crippen molar-refractivity contribution in [1.82, 2.24) is 24.6 Å². The second kappa shape index (κ2) is 4.51. The Morgan fingerprint density at radius 1 is 1.44 bits per heavy atom. The van der Waals surface area contributed by atoms with Gasteiger partial charge in [-0.2, -0.15) is 19.6 Å². The highest BCUT2D eigenvalue weighted by molar-refractivity contribution is 7.11. The van der Waals surface area contributed by atoms with Crippen LogP contribution < -0.4 is 5.32 Å². The van der Waals surface area contributed by atoms with Gasteiger partial charge in [-0.1, -0.05) is 11.6 Å². The maximum absolute atomic E-state index is 5.92. The van der Waals surface area contributed by atoms with E-state index in [2.05, 4.69) is 25.4 Å². The van der Waals surface area contributed by atoms with E-state index in [9.17, 15) is 0 Å². The summed E-state index contributed by atoms with van der Waals surface area (Å²) >= 11 is 7.58. The first-order valence-corrected chi connectivity index (χ1v) is 6.43. The van der Waals surface area contributed by atoms with Crippen molar-refractivity contribution >= 4 is 34.5 Å². The summed E-state index contributed by atoms with van der Waals surface area (Å²) in [5.74, 6) is 1.24. The summed E-state index contributed by atoms with van der Waals surface area (Å²) < 4.78 is 1.61. The summed E-state index contributed by atoms with van der Waals surface area (Å²) in [4.78, 5) is 13.4. The third-order valence-electron chi connectivity index (χ3n) is 2.33. The fourth-order valence-electron chi connectivity index (χ4n) is 1.57. The molecule has 8 heteroatoms. The van der Waals surface area contributed by atoms with Crippen molar-refractivity contribution in [2.45, 2.75) is 13.5 Å². The number of fused-ring (bicyclic) bond motifs is 1. The molecule has 3 aromatic heterocycles. The Bertz CT molecular complexity index is 691. The first kappa shape index (κ1) is 11.4. The van der Waals surface area contributed by atoms with Crippen molar-refractivity contribution < 1.29 is 0 Å². The van der Waals surface area contributed by atoms with Gasteiger partial charge in [-0.3, -0.25) is 0 Å². The zero-order chi connectivity index (χ0) is 12.5. The van der Waals surface area contributed by atoms with Gasteiger partial charge in [0.2, 0.25) is 0 Å². The highest BCUT2D eigenvalue weighted by Crippen LogP contribution is 2.17. The molecule has 0 aliphatic heterocycles. The minimum absolute atomic E-state index is 0.387. The maximum Gasteiger partial charge on any atom is 0.255 e. The Kier molecular flexibility index (Phi) is 2.85. The molecule has 6 nitrogen and oxygen atoms in total. The van der Waals surface area contributed by atoms with Crippen molar-refractivity contribution in [1.29, 1.82) is 0 Å². The summed E-state index contributed by atoms with van der Waals surface area (Å²) in [5, 5.41) is 8.77.